The van der Waals surface area contributed by atoms with Gasteiger partial charge >= 0.3 is 0 Å². The minimum absolute atomic E-state index is 0.404. The summed E-state index contributed by atoms with van der Waals surface area (Å²) in [7, 11) is 1.90. The Balaban J connectivity index is 1.42. The van der Waals surface area contributed by atoms with Crippen LogP contribution < -0.4 is 10.1 Å². The maximum absolute atomic E-state index is 5.94. The van der Waals surface area contributed by atoms with E-state index in [-0.39, 0.29) is 0 Å². The Labute approximate surface area is 188 Å². The fraction of sp³-hybridized carbons (Fsp3) is 0.0833. The molecule has 0 fully saturated rings. The highest BCUT2D eigenvalue weighted by atomic mass is 32.1. The first-order chi connectivity index (χ1) is 15.7. The molecule has 0 spiro atoms. The molecule has 32 heavy (non-hydrogen) atoms. The number of aromatic nitrogens is 5. The molecule has 8 heteroatoms. The molecule has 0 bridgehead atoms. The molecular formula is C24H18N6OS. The van der Waals surface area contributed by atoms with Gasteiger partial charge in [0.2, 0.25) is 5.95 Å². The van der Waals surface area contributed by atoms with Gasteiger partial charge in [0, 0.05) is 48.3 Å². The molecule has 0 amide bonds. The first-order valence-electron chi connectivity index (χ1n) is 9.82. The third-order valence-electron chi connectivity index (χ3n) is 4.82. The molecule has 0 radical (unpaired) electrons. The number of hydrogen-bond acceptors (Lipinski definition) is 7. The van der Waals surface area contributed by atoms with Crippen molar-refractivity contribution in [2.24, 2.45) is 7.05 Å². The Morgan fingerprint density at radius 1 is 1.19 bits per heavy atom. The van der Waals surface area contributed by atoms with Crippen LogP contribution in [0.5, 0.6) is 5.75 Å². The summed E-state index contributed by atoms with van der Waals surface area (Å²) in [4.78, 5) is 14.2. The van der Waals surface area contributed by atoms with Gasteiger partial charge in [0.1, 0.15) is 12.4 Å². The molecular weight excluding hydrogens is 420 g/mol. The molecule has 3 heterocycles. The van der Waals surface area contributed by atoms with E-state index < -0.39 is 0 Å². The maximum Gasteiger partial charge on any atom is 0.227 e. The normalized spacial score (nSPS) is 10.8. The zero-order valence-corrected chi connectivity index (χ0v) is 18.0. The van der Waals surface area contributed by atoms with Crippen LogP contribution in [0.2, 0.25) is 0 Å². The van der Waals surface area contributed by atoms with Gasteiger partial charge in [-0.15, -0.1) is 17.8 Å². The second kappa shape index (κ2) is 8.49. The van der Waals surface area contributed by atoms with Crippen molar-refractivity contribution in [1.29, 1.82) is 0 Å². The first-order valence-corrected chi connectivity index (χ1v) is 10.7. The monoisotopic (exact) mass is 438 g/mol. The van der Waals surface area contributed by atoms with Crippen LogP contribution in [0.1, 0.15) is 10.4 Å². The molecule has 0 saturated heterocycles. The van der Waals surface area contributed by atoms with Crippen molar-refractivity contribution in [3.05, 3.63) is 77.0 Å². The lowest BCUT2D eigenvalue weighted by molar-refractivity contribution is 0.309. The summed E-state index contributed by atoms with van der Waals surface area (Å²) < 4.78 is 7.72. The quantitative estimate of drug-likeness (QED) is 0.384. The topological polar surface area (TPSA) is 77.8 Å². The van der Waals surface area contributed by atoms with Crippen LogP contribution >= 0.6 is 11.3 Å². The Hall–Kier alpha value is -4.22. The zero-order valence-electron chi connectivity index (χ0n) is 17.2. The molecule has 0 unspecified atom stereocenters. The number of terminal acetylenes is 1. The van der Waals surface area contributed by atoms with Crippen LogP contribution in [-0.4, -0.2) is 24.7 Å². The molecule has 5 aromatic rings. The fourth-order valence-corrected chi connectivity index (χ4v) is 3.77. The van der Waals surface area contributed by atoms with Crippen molar-refractivity contribution in [3.8, 4) is 29.4 Å². The summed E-state index contributed by atoms with van der Waals surface area (Å²) in [5.41, 5.74) is 5.95. The molecule has 3 aromatic heterocycles. The van der Waals surface area contributed by atoms with E-state index in [1.165, 1.54) is 11.3 Å². The Morgan fingerprint density at radius 2 is 2.12 bits per heavy atom. The summed E-state index contributed by atoms with van der Waals surface area (Å²) in [5, 5.41) is 8.57. The van der Waals surface area contributed by atoms with Gasteiger partial charge in [0.15, 0.2) is 0 Å². The van der Waals surface area contributed by atoms with Gasteiger partial charge in [-0.1, -0.05) is 18.1 Å². The summed E-state index contributed by atoms with van der Waals surface area (Å²) in [6.45, 7) is 0.404. The van der Waals surface area contributed by atoms with E-state index in [0.29, 0.717) is 23.9 Å². The van der Waals surface area contributed by atoms with Gasteiger partial charge in [-0.05, 0) is 24.3 Å². The number of nitrogens with one attached hydrogen (secondary N) is 1. The van der Waals surface area contributed by atoms with Crippen molar-refractivity contribution < 1.29 is 4.74 Å². The van der Waals surface area contributed by atoms with Gasteiger partial charge in [-0.2, -0.15) is 5.10 Å². The maximum atomic E-state index is 5.94. The number of fused-ring (bicyclic) bond motifs is 1. The van der Waals surface area contributed by atoms with E-state index in [1.54, 1.807) is 22.6 Å². The molecule has 0 aliphatic heterocycles. The van der Waals surface area contributed by atoms with Crippen LogP contribution in [0.15, 0.2) is 66.6 Å². The second-order valence-electron chi connectivity index (χ2n) is 7.08. The lowest BCUT2D eigenvalue weighted by Crippen LogP contribution is -1.99. The van der Waals surface area contributed by atoms with E-state index in [2.05, 4.69) is 31.3 Å². The van der Waals surface area contributed by atoms with Crippen molar-refractivity contribution in [3.63, 3.8) is 0 Å². The number of ether oxygens (including phenoxy) is 1. The van der Waals surface area contributed by atoms with Crippen molar-refractivity contribution in [1.82, 2.24) is 24.7 Å². The average Bonchev–Trinajstić information content (AvgIpc) is 3.49. The van der Waals surface area contributed by atoms with Crippen molar-refractivity contribution in [2.75, 3.05) is 5.32 Å². The molecule has 5 rings (SSSR count). The average molecular weight is 439 g/mol. The van der Waals surface area contributed by atoms with E-state index in [9.17, 15) is 0 Å². The lowest BCUT2D eigenvalue weighted by Gasteiger charge is -2.10. The Kier molecular flexibility index (Phi) is 5.24. The highest BCUT2D eigenvalue weighted by Crippen LogP contribution is 2.27. The molecule has 7 nitrogen and oxygen atoms in total. The van der Waals surface area contributed by atoms with Crippen molar-refractivity contribution in [2.45, 2.75) is 6.61 Å². The van der Waals surface area contributed by atoms with E-state index >= 15 is 0 Å². The van der Waals surface area contributed by atoms with Crippen LogP contribution in [0, 0.1) is 12.3 Å². The number of nitrogens with zero attached hydrogens (tertiary/aromatic N) is 5. The highest BCUT2D eigenvalue weighted by Gasteiger charge is 2.09. The minimum Gasteiger partial charge on any atom is -0.487 e. The first kappa shape index (κ1) is 19.7. The Morgan fingerprint density at radius 3 is 2.91 bits per heavy atom. The summed E-state index contributed by atoms with van der Waals surface area (Å²) in [6.07, 6.45) is 11.1. The van der Waals surface area contributed by atoms with E-state index in [4.69, 9.17) is 11.2 Å². The van der Waals surface area contributed by atoms with Crippen LogP contribution in [-0.2, 0) is 13.7 Å². The molecule has 2 aromatic carbocycles. The van der Waals surface area contributed by atoms with Crippen LogP contribution in [0.4, 0.5) is 11.6 Å². The highest BCUT2D eigenvalue weighted by molar-refractivity contribution is 7.09. The van der Waals surface area contributed by atoms with Crippen molar-refractivity contribution >= 4 is 33.9 Å². The van der Waals surface area contributed by atoms with Gasteiger partial charge in [-0.25, -0.2) is 9.97 Å². The van der Waals surface area contributed by atoms with Crippen LogP contribution in [0.3, 0.4) is 0 Å². The molecule has 0 aliphatic rings. The molecule has 156 valence electrons. The SMILES string of the molecule is C#Cc1cc2cnc(Nc3cccc(-c4ccn(C)n4)c3)nc2cc1OCc1cncs1. The molecule has 0 aliphatic carbocycles. The third kappa shape index (κ3) is 4.15. The fourth-order valence-electron chi connectivity index (χ4n) is 3.27. The van der Waals surface area contributed by atoms with Crippen LogP contribution in [0.25, 0.3) is 22.2 Å². The number of benzene rings is 2. The van der Waals surface area contributed by atoms with Gasteiger partial charge in [0.05, 0.1) is 27.2 Å². The Bertz CT molecular complexity index is 1430. The number of anilines is 2. The summed E-state index contributed by atoms with van der Waals surface area (Å²) in [5.74, 6) is 3.77. The smallest absolute Gasteiger partial charge is 0.227 e. The van der Waals surface area contributed by atoms with Gasteiger partial charge in [-0.3, -0.25) is 9.67 Å². The van der Waals surface area contributed by atoms with E-state index in [1.807, 2.05) is 55.7 Å². The lowest BCUT2D eigenvalue weighted by atomic mass is 10.1. The standard InChI is InChI=1S/C24H18N6OS/c1-3-16-9-18-12-26-24(28-22(18)11-23(16)31-14-20-13-25-15-32-20)27-19-6-4-5-17(10-19)21-7-8-30(2)29-21/h1,4-13,15H,14H2,2H3,(H,26,27,28). The predicted molar refractivity (Wildman–Crippen MR) is 126 cm³/mol. The zero-order chi connectivity index (χ0) is 21.9. The molecule has 0 saturated carbocycles. The molecule has 0 atom stereocenters. The van der Waals surface area contributed by atoms with Gasteiger partial charge in [0.25, 0.3) is 0 Å². The largest absolute Gasteiger partial charge is 0.487 e. The van der Waals surface area contributed by atoms with Gasteiger partial charge < -0.3 is 10.1 Å². The van der Waals surface area contributed by atoms with E-state index in [0.717, 1.165) is 32.7 Å². The summed E-state index contributed by atoms with van der Waals surface area (Å²) in [6, 6.07) is 13.7. The number of rotatable bonds is 6. The third-order valence-corrected chi connectivity index (χ3v) is 5.57. The number of thiazole rings is 1. The number of hydrogen-bond donors (Lipinski definition) is 1. The number of aryl methyl sites for hydroxylation is 1. The minimum atomic E-state index is 0.404. The predicted octanol–water partition coefficient (Wildman–Crippen LogP) is 4.79. The summed E-state index contributed by atoms with van der Waals surface area (Å²) >= 11 is 1.53. The molecule has 1 N–H and O–H groups in total. The second-order valence-corrected chi connectivity index (χ2v) is 8.05.